The summed E-state index contributed by atoms with van der Waals surface area (Å²) in [6.45, 7) is 2.48. The number of nitrogens with zero attached hydrogens (tertiary/aromatic N) is 1. The number of rotatable bonds is 6. The number of hydrogen-bond donors (Lipinski definition) is 1. The standard InChI is InChI=1S/C24H24N2O5S/c1-17-10-12-21(13-11-17)32(28,29)26(2)19-7-5-6-18(14-19)24(27)25-15-20-16-30-22-8-3-4-9-23(22)31-20/h3-14,20H,15-16H2,1-2H3,(H,25,27)/t20-/m0/s1. The van der Waals surface area contributed by atoms with E-state index in [0.717, 1.165) is 5.56 Å². The summed E-state index contributed by atoms with van der Waals surface area (Å²) >= 11 is 0. The molecule has 1 aliphatic rings. The Morgan fingerprint density at radius 3 is 2.50 bits per heavy atom. The SMILES string of the molecule is Cc1ccc(S(=O)(=O)N(C)c2cccc(C(=O)NC[C@H]3COc4ccccc4O3)c2)cc1. The first-order chi connectivity index (χ1) is 15.3. The molecule has 0 spiro atoms. The van der Waals surface area contributed by atoms with Crippen LogP contribution in [-0.2, 0) is 10.0 Å². The molecule has 1 aliphatic heterocycles. The van der Waals surface area contributed by atoms with Gasteiger partial charge in [0.05, 0.1) is 17.1 Å². The molecule has 0 aromatic heterocycles. The molecule has 1 heterocycles. The number of ether oxygens (including phenoxy) is 2. The van der Waals surface area contributed by atoms with Crippen molar-refractivity contribution in [3.05, 3.63) is 83.9 Å². The predicted molar refractivity (Wildman–Crippen MR) is 122 cm³/mol. The number of carbonyl (C=O) groups is 1. The van der Waals surface area contributed by atoms with Crippen LogP contribution < -0.4 is 19.1 Å². The van der Waals surface area contributed by atoms with Crippen LogP contribution in [-0.4, -0.2) is 40.6 Å². The minimum atomic E-state index is -3.74. The van der Waals surface area contributed by atoms with Crippen LogP contribution >= 0.6 is 0 Å². The molecule has 8 heteroatoms. The minimum Gasteiger partial charge on any atom is -0.486 e. The molecule has 3 aromatic carbocycles. The van der Waals surface area contributed by atoms with E-state index in [1.54, 1.807) is 48.5 Å². The van der Waals surface area contributed by atoms with Crippen molar-refractivity contribution in [1.29, 1.82) is 0 Å². The predicted octanol–water partition coefficient (Wildman–Crippen LogP) is 3.39. The number of amides is 1. The molecule has 0 bridgehead atoms. The summed E-state index contributed by atoms with van der Waals surface area (Å²) in [6, 6.07) is 20.5. The molecule has 0 saturated carbocycles. The monoisotopic (exact) mass is 452 g/mol. The lowest BCUT2D eigenvalue weighted by Gasteiger charge is -2.26. The summed E-state index contributed by atoms with van der Waals surface area (Å²) in [6.07, 6.45) is -0.318. The lowest BCUT2D eigenvalue weighted by atomic mass is 10.2. The molecule has 3 aromatic rings. The van der Waals surface area contributed by atoms with Crippen LogP contribution in [0.15, 0.2) is 77.7 Å². The van der Waals surface area contributed by atoms with Gasteiger partial charge in [-0.3, -0.25) is 9.10 Å². The van der Waals surface area contributed by atoms with Gasteiger partial charge in [0, 0.05) is 12.6 Å². The Hall–Kier alpha value is -3.52. The van der Waals surface area contributed by atoms with Gasteiger partial charge < -0.3 is 14.8 Å². The molecule has 1 amide bonds. The summed E-state index contributed by atoms with van der Waals surface area (Å²) in [4.78, 5) is 12.9. The molecule has 0 aliphatic carbocycles. The zero-order valence-corrected chi connectivity index (χ0v) is 18.6. The Morgan fingerprint density at radius 2 is 1.75 bits per heavy atom. The molecule has 1 N–H and O–H groups in total. The molecule has 1 atom stereocenters. The zero-order chi connectivity index (χ0) is 22.7. The second kappa shape index (κ2) is 8.92. The van der Waals surface area contributed by atoms with Crippen LogP contribution in [0.4, 0.5) is 5.69 Å². The third-order valence-electron chi connectivity index (χ3n) is 5.21. The van der Waals surface area contributed by atoms with E-state index < -0.39 is 10.0 Å². The Balaban J connectivity index is 1.43. The highest BCUT2D eigenvalue weighted by atomic mass is 32.2. The van der Waals surface area contributed by atoms with Gasteiger partial charge in [-0.15, -0.1) is 0 Å². The number of benzene rings is 3. The van der Waals surface area contributed by atoms with Gasteiger partial charge in [-0.1, -0.05) is 35.9 Å². The molecule has 166 valence electrons. The quantitative estimate of drug-likeness (QED) is 0.620. The van der Waals surface area contributed by atoms with Gasteiger partial charge in [-0.05, 0) is 49.4 Å². The first-order valence-electron chi connectivity index (χ1n) is 10.2. The Kier molecular flexibility index (Phi) is 6.05. The summed E-state index contributed by atoms with van der Waals surface area (Å²) in [5.41, 5.74) is 1.72. The van der Waals surface area contributed by atoms with Gasteiger partial charge in [0.25, 0.3) is 15.9 Å². The number of carbonyl (C=O) groups excluding carboxylic acids is 1. The largest absolute Gasteiger partial charge is 0.486 e. The fourth-order valence-corrected chi connectivity index (χ4v) is 4.51. The Labute approximate surface area is 187 Å². The normalized spacial score (nSPS) is 15.1. The van der Waals surface area contributed by atoms with Crippen LogP contribution in [0.5, 0.6) is 11.5 Å². The number of anilines is 1. The topological polar surface area (TPSA) is 84.9 Å². The highest BCUT2D eigenvalue weighted by Crippen LogP contribution is 2.30. The lowest BCUT2D eigenvalue weighted by molar-refractivity contribution is 0.0789. The summed E-state index contributed by atoms with van der Waals surface area (Å²) in [7, 11) is -2.27. The van der Waals surface area contributed by atoms with Crippen LogP contribution in [0.3, 0.4) is 0 Å². The highest BCUT2D eigenvalue weighted by Gasteiger charge is 2.23. The van der Waals surface area contributed by atoms with Crippen molar-refractivity contribution in [2.24, 2.45) is 0 Å². The average Bonchev–Trinajstić information content (AvgIpc) is 2.82. The summed E-state index contributed by atoms with van der Waals surface area (Å²) in [5.74, 6) is 0.999. The fourth-order valence-electron chi connectivity index (χ4n) is 3.32. The van der Waals surface area contributed by atoms with Gasteiger partial charge >= 0.3 is 0 Å². The van der Waals surface area contributed by atoms with Crippen LogP contribution in [0.1, 0.15) is 15.9 Å². The van der Waals surface area contributed by atoms with Crippen molar-refractivity contribution < 1.29 is 22.7 Å². The van der Waals surface area contributed by atoms with E-state index in [4.69, 9.17) is 9.47 Å². The summed E-state index contributed by atoms with van der Waals surface area (Å²) < 4.78 is 38.6. The molecule has 7 nitrogen and oxygen atoms in total. The average molecular weight is 453 g/mol. The van der Waals surface area contributed by atoms with E-state index in [1.165, 1.54) is 11.4 Å². The van der Waals surface area contributed by atoms with E-state index in [2.05, 4.69) is 5.32 Å². The lowest BCUT2D eigenvalue weighted by Crippen LogP contribution is -2.40. The molecule has 0 unspecified atom stereocenters. The second-order valence-corrected chi connectivity index (χ2v) is 9.51. The van der Waals surface area contributed by atoms with Crippen molar-refractivity contribution >= 4 is 21.6 Å². The number of fused-ring (bicyclic) bond motifs is 1. The van der Waals surface area contributed by atoms with E-state index in [1.807, 2.05) is 31.2 Å². The van der Waals surface area contributed by atoms with Gasteiger partial charge in [0.15, 0.2) is 11.5 Å². The first-order valence-corrected chi connectivity index (χ1v) is 11.6. The van der Waals surface area contributed by atoms with Crippen LogP contribution in [0.2, 0.25) is 0 Å². The maximum absolute atomic E-state index is 13.0. The van der Waals surface area contributed by atoms with E-state index in [9.17, 15) is 13.2 Å². The molecule has 0 radical (unpaired) electrons. The van der Waals surface area contributed by atoms with Crippen molar-refractivity contribution in [2.45, 2.75) is 17.9 Å². The molecule has 0 fully saturated rings. The maximum atomic E-state index is 13.0. The van der Waals surface area contributed by atoms with Crippen molar-refractivity contribution in [3.8, 4) is 11.5 Å². The number of hydrogen-bond acceptors (Lipinski definition) is 5. The number of nitrogens with one attached hydrogen (secondary N) is 1. The van der Waals surface area contributed by atoms with Gasteiger partial charge in [-0.25, -0.2) is 8.42 Å². The van der Waals surface area contributed by atoms with E-state index >= 15 is 0 Å². The van der Waals surface area contributed by atoms with Crippen LogP contribution in [0.25, 0.3) is 0 Å². The third-order valence-corrected chi connectivity index (χ3v) is 7.01. The molecular weight excluding hydrogens is 428 g/mol. The van der Waals surface area contributed by atoms with Crippen molar-refractivity contribution in [1.82, 2.24) is 5.32 Å². The fraction of sp³-hybridized carbons (Fsp3) is 0.208. The minimum absolute atomic E-state index is 0.190. The number of aryl methyl sites for hydroxylation is 1. The first kappa shape index (κ1) is 21.7. The second-order valence-electron chi connectivity index (χ2n) is 7.54. The number of sulfonamides is 1. The summed E-state index contributed by atoms with van der Waals surface area (Å²) in [5, 5.41) is 2.83. The van der Waals surface area contributed by atoms with Crippen molar-refractivity contribution in [3.63, 3.8) is 0 Å². The van der Waals surface area contributed by atoms with E-state index in [-0.39, 0.29) is 23.5 Å². The molecule has 0 saturated heterocycles. The van der Waals surface area contributed by atoms with Gasteiger partial charge in [-0.2, -0.15) is 0 Å². The molecule has 32 heavy (non-hydrogen) atoms. The maximum Gasteiger partial charge on any atom is 0.264 e. The third kappa shape index (κ3) is 4.55. The van der Waals surface area contributed by atoms with Gasteiger partial charge in [0.1, 0.15) is 12.7 Å². The Morgan fingerprint density at radius 1 is 1.03 bits per heavy atom. The van der Waals surface area contributed by atoms with Crippen molar-refractivity contribution in [2.75, 3.05) is 24.5 Å². The smallest absolute Gasteiger partial charge is 0.264 e. The number of para-hydroxylation sites is 2. The van der Waals surface area contributed by atoms with E-state index in [0.29, 0.717) is 29.4 Å². The van der Waals surface area contributed by atoms with Crippen LogP contribution in [0, 0.1) is 6.92 Å². The molecule has 4 rings (SSSR count). The Bertz CT molecular complexity index is 1230. The molecular formula is C24H24N2O5S. The highest BCUT2D eigenvalue weighted by molar-refractivity contribution is 7.92. The zero-order valence-electron chi connectivity index (χ0n) is 17.8. The van der Waals surface area contributed by atoms with Gasteiger partial charge in [0.2, 0.25) is 0 Å².